The van der Waals surface area contributed by atoms with Gasteiger partial charge in [-0.25, -0.2) is 0 Å². The van der Waals surface area contributed by atoms with Crippen LogP contribution < -0.4 is 5.32 Å². The first-order chi connectivity index (χ1) is 9.75. The lowest BCUT2D eigenvalue weighted by atomic mass is 10.1. The van der Waals surface area contributed by atoms with Crippen LogP contribution in [0, 0.1) is 6.92 Å². The van der Waals surface area contributed by atoms with Gasteiger partial charge in [-0.2, -0.15) is 5.10 Å². The van der Waals surface area contributed by atoms with Crippen LogP contribution in [0.25, 0.3) is 10.4 Å². The van der Waals surface area contributed by atoms with E-state index in [1.165, 1.54) is 27.4 Å². The van der Waals surface area contributed by atoms with Gasteiger partial charge in [0.2, 0.25) is 0 Å². The molecule has 0 bridgehead atoms. The predicted octanol–water partition coefficient (Wildman–Crippen LogP) is 4.07. The summed E-state index contributed by atoms with van der Waals surface area (Å²) in [6.07, 6.45) is 1.93. The van der Waals surface area contributed by atoms with Crippen molar-refractivity contribution in [3.8, 4) is 10.4 Å². The Hall–Kier alpha value is -2.07. The molecule has 20 heavy (non-hydrogen) atoms. The van der Waals surface area contributed by atoms with Gasteiger partial charge in [0.25, 0.3) is 0 Å². The van der Waals surface area contributed by atoms with Crippen LogP contribution in [-0.2, 0) is 13.6 Å². The molecule has 3 rings (SSSR count). The zero-order chi connectivity index (χ0) is 13.9. The minimum Gasteiger partial charge on any atom is -0.380 e. The monoisotopic (exact) mass is 283 g/mol. The number of aromatic nitrogens is 2. The Morgan fingerprint density at radius 2 is 2.05 bits per heavy atom. The van der Waals surface area contributed by atoms with Crippen LogP contribution in [0.3, 0.4) is 0 Å². The topological polar surface area (TPSA) is 29.9 Å². The van der Waals surface area contributed by atoms with Crippen LogP contribution in [0.5, 0.6) is 0 Å². The number of hydrogen-bond acceptors (Lipinski definition) is 3. The molecule has 2 heterocycles. The molecular formula is C16H17N3S. The highest BCUT2D eigenvalue weighted by Crippen LogP contribution is 2.31. The largest absolute Gasteiger partial charge is 0.380 e. The van der Waals surface area contributed by atoms with Crippen molar-refractivity contribution in [1.82, 2.24) is 9.78 Å². The molecule has 4 heteroatoms. The molecule has 3 aromatic rings. The van der Waals surface area contributed by atoms with E-state index in [2.05, 4.69) is 59.1 Å². The van der Waals surface area contributed by atoms with Crippen molar-refractivity contribution in [3.05, 3.63) is 59.2 Å². The molecule has 1 N–H and O–H groups in total. The first kappa shape index (κ1) is 12.9. The molecule has 102 valence electrons. The molecule has 0 aliphatic rings. The number of nitrogens with zero attached hydrogens (tertiary/aromatic N) is 2. The molecule has 0 aliphatic heterocycles. The summed E-state index contributed by atoms with van der Waals surface area (Å²) < 4.78 is 1.90. The van der Waals surface area contributed by atoms with Crippen molar-refractivity contribution in [2.45, 2.75) is 13.5 Å². The molecule has 1 aromatic carbocycles. The van der Waals surface area contributed by atoms with E-state index in [-0.39, 0.29) is 0 Å². The van der Waals surface area contributed by atoms with Gasteiger partial charge < -0.3 is 5.32 Å². The summed E-state index contributed by atoms with van der Waals surface area (Å²) in [6.45, 7) is 2.89. The predicted molar refractivity (Wildman–Crippen MR) is 85.0 cm³/mol. The number of aryl methyl sites for hydroxylation is 1. The summed E-state index contributed by atoms with van der Waals surface area (Å²) in [5.41, 5.74) is 4.85. The van der Waals surface area contributed by atoms with Crippen molar-refractivity contribution >= 4 is 17.0 Å². The summed E-state index contributed by atoms with van der Waals surface area (Å²) in [5, 5.41) is 9.91. The first-order valence-electron chi connectivity index (χ1n) is 6.60. The van der Waals surface area contributed by atoms with E-state index in [0.717, 1.165) is 6.54 Å². The minimum absolute atomic E-state index is 0.794. The number of benzene rings is 1. The fourth-order valence-electron chi connectivity index (χ4n) is 2.19. The van der Waals surface area contributed by atoms with E-state index < -0.39 is 0 Å². The Kier molecular flexibility index (Phi) is 3.56. The molecular weight excluding hydrogens is 266 g/mol. The third-order valence-electron chi connectivity index (χ3n) is 3.52. The van der Waals surface area contributed by atoms with E-state index in [1.54, 1.807) is 11.3 Å². The second-order valence-corrected chi connectivity index (χ2v) is 5.70. The van der Waals surface area contributed by atoms with Crippen LogP contribution in [0.15, 0.2) is 48.0 Å². The number of hydrogen-bond donors (Lipinski definition) is 1. The molecule has 0 fully saturated rings. The summed E-state index contributed by atoms with van der Waals surface area (Å²) in [4.78, 5) is 1.29. The lowest BCUT2D eigenvalue weighted by molar-refractivity contribution is 0.738. The molecule has 0 saturated carbocycles. The van der Waals surface area contributed by atoms with Crippen molar-refractivity contribution in [2.24, 2.45) is 7.05 Å². The fourth-order valence-corrected chi connectivity index (χ4v) is 2.96. The Labute approximate surface area is 122 Å². The standard InChI is InChI=1S/C16H17N3S/c1-12-13(11-18-19(12)2)10-17-15-7-4-3-6-14(15)16-8-5-9-20-16/h3-9,11,17H,10H2,1-2H3. The van der Waals surface area contributed by atoms with Crippen molar-refractivity contribution in [3.63, 3.8) is 0 Å². The quantitative estimate of drug-likeness (QED) is 0.782. The van der Waals surface area contributed by atoms with Gasteiger partial charge in [0.1, 0.15) is 0 Å². The van der Waals surface area contributed by atoms with E-state index in [0.29, 0.717) is 0 Å². The van der Waals surface area contributed by atoms with Crippen molar-refractivity contribution in [2.75, 3.05) is 5.32 Å². The zero-order valence-corrected chi connectivity index (χ0v) is 12.4. The van der Waals surface area contributed by atoms with Crippen molar-refractivity contribution in [1.29, 1.82) is 0 Å². The van der Waals surface area contributed by atoms with Crippen molar-refractivity contribution < 1.29 is 0 Å². The fraction of sp³-hybridized carbons (Fsp3) is 0.188. The first-order valence-corrected chi connectivity index (χ1v) is 7.48. The Morgan fingerprint density at radius 3 is 2.75 bits per heavy atom. The van der Waals surface area contributed by atoms with Crippen LogP contribution in [0.1, 0.15) is 11.3 Å². The van der Waals surface area contributed by atoms with E-state index in [1.807, 2.05) is 17.9 Å². The van der Waals surface area contributed by atoms with Gasteiger partial charge >= 0.3 is 0 Å². The van der Waals surface area contributed by atoms with E-state index in [9.17, 15) is 0 Å². The summed E-state index contributed by atoms with van der Waals surface area (Å²) in [5.74, 6) is 0. The molecule has 0 amide bonds. The Bertz CT molecular complexity index is 698. The molecule has 0 aliphatic carbocycles. The van der Waals surface area contributed by atoms with E-state index in [4.69, 9.17) is 0 Å². The molecule has 2 aromatic heterocycles. The van der Waals surface area contributed by atoms with Crippen LogP contribution in [-0.4, -0.2) is 9.78 Å². The van der Waals surface area contributed by atoms with Crippen LogP contribution >= 0.6 is 11.3 Å². The van der Waals surface area contributed by atoms with Gasteiger partial charge in [-0.15, -0.1) is 11.3 Å². The SMILES string of the molecule is Cc1c(CNc2ccccc2-c2cccs2)cnn1C. The second-order valence-electron chi connectivity index (χ2n) is 4.76. The Balaban J connectivity index is 1.83. The lowest BCUT2D eigenvalue weighted by Crippen LogP contribution is -2.02. The molecule has 0 unspecified atom stereocenters. The normalized spacial score (nSPS) is 10.7. The van der Waals surface area contributed by atoms with Gasteiger partial charge in [0, 0.05) is 41.0 Å². The summed E-state index contributed by atoms with van der Waals surface area (Å²) in [6, 6.07) is 12.7. The number of anilines is 1. The maximum Gasteiger partial charge on any atom is 0.0542 e. The Morgan fingerprint density at radius 1 is 1.20 bits per heavy atom. The average molecular weight is 283 g/mol. The van der Waals surface area contributed by atoms with Crippen LogP contribution in [0.4, 0.5) is 5.69 Å². The highest BCUT2D eigenvalue weighted by molar-refractivity contribution is 7.13. The lowest BCUT2D eigenvalue weighted by Gasteiger charge is -2.10. The van der Waals surface area contributed by atoms with Gasteiger partial charge in [-0.3, -0.25) is 4.68 Å². The van der Waals surface area contributed by atoms with Gasteiger partial charge in [0.15, 0.2) is 0 Å². The maximum absolute atomic E-state index is 4.28. The second kappa shape index (κ2) is 5.51. The highest BCUT2D eigenvalue weighted by atomic mass is 32.1. The minimum atomic E-state index is 0.794. The number of para-hydroxylation sites is 1. The highest BCUT2D eigenvalue weighted by Gasteiger charge is 2.07. The molecule has 3 nitrogen and oxygen atoms in total. The van der Waals surface area contributed by atoms with E-state index >= 15 is 0 Å². The smallest absolute Gasteiger partial charge is 0.0542 e. The zero-order valence-electron chi connectivity index (χ0n) is 11.6. The number of thiophene rings is 1. The third-order valence-corrected chi connectivity index (χ3v) is 4.42. The summed E-state index contributed by atoms with van der Waals surface area (Å²) in [7, 11) is 1.97. The maximum atomic E-state index is 4.28. The average Bonchev–Trinajstić information content (AvgIpc) is 3.10. The number of rotatable bonds is 4. The molecule has 0 radical (unpaired) electrons. The van der Waals surface area contributed by atoms with Crippen LogP contribution in [0.2, 0.25) is 0 Å². The summed E-state index contributed by atoms with van der Waals surface area (Å²) >= 11 is 1.76. The van der Waals surface area contributed by atoms with Gasteiger partial charge in [0.05, 0.1) is 6.20 Å². The number of nitrogens with one attached hydrogen (secondary N) is 1. The molecule has 0 atom stereocenters. The third kappa shape index (κ3) is 2.47. The van der Waals surface area contributed by atoms with Gasteiger partial charge in [-0.05, 0) is 24.4 Å². The van der Waals surface area contributed by atoms with Gasteiger partial charge in [-0.1, -0.05) is 24.3 Å². The molecule has 0 spiro atoms. The molecule has 0 saturated heterocycles.